The first kappa shape index (κ1) is 18.5. The first-order valence-corrected chi connectivity index (χ1v) is 11.8. The molecule has 2 N–H and O–H groups in total. The van der Waals surface area contributed by atoms with Gasteiger partial charge in [-0.05, 0) is 0 Å². The van der Waals surface area contributed by atoms with Crippen LogP contribution in [0.15, 0.2) is 0 Å². The maximum atomic E-state index is 2.64. The zero-order valence-corrected chi connectivity index (χ0v) is 15.6. The molecule has 1 heterocycles. The van der Waals surface area contributed by atoms with Gasteiger partial charge in [0.15, 0.2) is 0 Å². The SMILES string of the molecule is CCCCCCCCCCCCCC[NH2+][C@H]1CC[Se]C1. The molecule has 1 rings (SSSR count). The van der Waals surface area contributed by atoms with Crippen molar-refractivity contribution in [2.75, 3.05) is 6.54 Å². The third-order valence-electron chi connectivity index (χ3n) is 4.52. The van der Waals surface area contributed by atoms with Crippen molar-refractivity contribution in [1.29, 1.82) is 0 Å². The maximum absolute atomic E-state index is 2.64. The van der Waals surface area contributed by atoms with E-state index in [1.165, 1.54) is 90.0 Å². The Morgan fingerprint density at radius 1 is 0.800 bits per heavy atom. The van der Waals surface area contributed by atoms with Gasteiger partial charge in [0, 0.05) is 0 Å². The molecule has 120 valence electrons. The number of unbranched alkanes of at least 4 members (excludes halogenated alkanes) is 11. The number of rotatable bonds is 14. The van der Waals surface area contributed by atoms with Crippen molar-refractivity contribution in [3.05, 3.63) is 0 Å². The predicted octanol–water partition coefficient (Wildman–Crippen LogP) is 4.56. The van der Waals surface area contributed by atoms with Crippen molar-refractivity contribution < 1.29 is 5.32 Å². The van der Waals surface area contributed by atoms with E-state index in [0.717, 1.165) is 21.0 Å². The van der Waals surface area contributed by atoms with Crippen LogP contribution in [0.5, 0.6) is 0 Å². The Bertz CT molecular complexity index is 190. The number of nitrogens with two attached hydrogens (primary N) is 1. The van der Waals surface area contributed by atoms with Gasteiger partial charge in [0.25, 0.3) is 0 Å². The summed E-state index contributed by atoms with van der Waals surface area (Å²) in [4.78, 5) is 0. The van der Waals surface area contributed by atoms with E-state index in [1.54, 1.807) is 10.6 Å². The average molecular weight is 347 g/mol. The molecular weight excluding hydrogens is 309 g/mol. The van der Waals surface area contributed by atoms with Crippen LogP contribution >= 0.6 is 0 Å². The zero-order chi connectivity index (χ0) is 14.3. The van der Waals surface area contributed by atoms with Crippen LogP contribution in [0.2, 0.25) is 10.6 Å². The van der Waals surface area contributed by atoms with E-state index >= 15 is 0 Å². The van der Waals surface area contributed by atoms with Crippen molar-refractivity contribution in [2.45, 2.75) is 107 Å². The summed E-state index contributed by atoms with van der Waals surface area (Å²) in [5.74, 6) is 0. The average Bonchev–Trinajstić information content (AvgIpc) is 2.97. The third-order valence-corrected chi connectivity index (χ3v) is 7.02. The molecular formula is C18H38NSe+. The Morgan fingerprint density at radius 3 is 1.85 bits per heavy atom. The molecule has 0 radical (unpaired) electrons. The monoisotopic (exact) mass is 348 g/mol. The van der Waals surface area contributed by atoms with E-state index in [1.807, 2.05) is 0 Å². The Balaban J connectivity index is 1.66. The van der Waals surface area contributed by atoms with Gasteiger partial charge in [-0.15, -0.1) is 0 Å². The summed E-state index contributed by atoms with van der Waals surface area (Å²) in [6.45, 7) is 3.70. The van der Waals surface area contributed by atoms with Gasteiger partial charge in [-0.3, -0.25) is 0 Å². The van der Waals surface area contributed by atoms with Crippen LogP contribution in [0.25, 0.3) is 0 Å². The summed E-state index contributed by atoms with van der Waals surface area (Å²) >= 11 is 0.998. The molecule has 0 saturated carbocycles. The van der Waals surface area contributed by atoms with E-state index in [4.69, 9.17) is 0 Å². The molecule has 0 aromatic carbocycles. The van der Waals surface area contributed by atoms with Crippen LogP contribution in [-0.2, 0) is 0 Å². The molecule has 1 aliphatic heterocycles. The van der Waals surface area contributed by atoms with Crippen molar-refractivity contribution >= 4 is 15.0 Å². The Labute approximate surface area is 134 Å². The summed E-state index contributed by atoms with van der Waals surface area (Å²) in [5, 5.41) is 5.74. The second-order valence-electron chi connectivity index (χ2n) is 6.54. The van der Waals surface area contributed by atoms with Gasteiger partial charge in [-0.25, -0.2) is 0 Å². The van der Waals surface area contributed by atoms with E-state index in [9.17, 15) is 0 Å². The van der Waals surface area contributed by atoms with Gasteiger partial charge >= 0.3 is 101 Å². The van der Waals surface area contributed by atoms with Crippen LogP contribution in [0.4, 0.5) is 0 Å². The van der Waals surface area contributed by atoms with Crippen molar-refractivity contribution in [1.82, 2.24) is 0 Å². The molecule has 2 heteroatoms. The normalized spacial score (nSPS) is 18.8. The third kappa shape index (κ3) is 11.2. The van der Waals surface area contributed by atoms with Gasteiger partial charge in [0.1, 0.15) is 0 Å². The van der Waals surface area contributed by atoms with Crippen LogP contribution in [0.3, 0.4) is 0 Å². The van der Waals surface area contributed by atoms with Crippen molar-refractivity contribution in [2.24, 2.45) is 0 Å². The molecule has 0 bridgehead atoms. The molecule has 1 fully saturated rings. The molecule has 0 aromatic rings. The Hall–Kier alpha value is 0.479. The first-order valence-electron chi connectivity index (χ1n) is 9.34. The standard InChI is InChI=1S/C18H37NSe/c1-2-3-4-5-6-7-8-9-10-11-12-13-15-19-18-14-16-20-17-18/h18-19H,2-17H2,1H3/p+1/t18-/m0/s1. The van der Waals surface area contributed by atoms with Gasteiger partial charge in [0.05, 0.1) is 0 Å². The van der Waals surface area contributed by atoms with Crippen molar-refractivity contribution in [3.8, 4) is 0 Å². The van der Waals surface area contributed by atoms with Crippen molar-refractivity contribution in [3.63, 3.8) is 0 Å². The van der Waals surface area contributed by atoms with E-state index in [-0.39, 0.29) is 0 Å². The molecule has 0 spiro atoms. The Kier molecular flexibility index (Phi) is 13.4. The van der Waals surface area contributed by atoms with E-state index in [2.05, 4.69) is 12.2 Å². The molecule has 1 aliphatic rings. The van der Waals surface area contributed by atoms with Crippen LogP contribution < -0.4 is 5.32 Å². The number of hydrogen-bond acceptors (Lipinski definition) is 0. The summed E-state index contributed by atoms with van der Waals surface area (Å²) < 4.78 is 0. The van der Waals surface area contributed by atoms with Crippen LogP contribution in [0.1, 0.15) is 90.4 Å². The fourth-order valence-electron chi connectivity index (χ4n) is 3.08. The van der Waals surface area contributed by atoms with Gasteiger partial charge in [-0.1, -0.05) is 32.6 Å². The minimum atomic E-state index is 0.998. The number of quaternary nitrogens is 1. The second kappa shape index (κ2) is 14.4. The van der Waals surface area contributed by atoms with Gasteiger partial charge in [-0.2, -0.15) is 0 Å². The molecule has 0 amide bonds. The van der Waals surface area contributed by atoms with Gasteiger partial charge < -0.3 is 0 Å². The second-order valence-corrected chi connectivity index (χ2v) is 8.95. The fraction of sp³-hybridized carbons (Fsp3) is 1.00. The molecule has 0 unspecified atom stereocenters. The fourth-order valence-corrected chi connectivity index (χ4v) is 5.68. The molecule has 1 nitrogen and oxygen atoms in total. The number of hydrogen-bond donors (Lipinski definition) is 1. The minimum absolute atomic E-state index is 0.998. The molecule has 0 aromatic heterocycles. The van der Waals surface area contributed by atoms with Gasteiger partial charge in [0.2, 0.25) is 0 Å². The van der Waals surface area contributed by atoms with Crippen LogP contribution in [0, 0.1) is 0 Å². The zero-order valence-electron chi connectivity index (χ0n) is 13.9. The summed E-state index contributed by atoms with van der Waals surface area (Å²) in [7, 11) is 0. The van der Waals surface area contributed by atoms with E-state index in [0.29, 0.717) is 0 Å². The summed E-state index contributed by atoms with van der Waals surface area (Å²) in [5.41, 5.74) is 0. The molecule has 0 aliphatic carbocycles. The van der Waals surface area contributed by atoms with Crippen LogP contribution in [-0.4, -0.2) is 27.5 Å². The molecule has 1 saturated heterocycles. The molecule has 20 heavy (non-hydrogen) atoms. The topological polar surface area (TPSA) is 16.6 Å². The quantitative estimate of drug-likeness (QED) is 0.350. The predicted molar refractivity (Wildman–Crippen MR) is 91.6 cm³/mol. The first-order chi connectivity index (χ1) is 9.93. The van der Waals surface area contributed by atoms with E-state index < -0.39 is 0 Å². The summed E-state index contributed by atoms with van der Waals surface area (Å²) in [6.07, 6.45) is 19.1. The Morgan fingerprint density at radius 2 is 1.35 bits per heavy atom. The summed E-state index contributed by atoms with van der Waals surface area (Å²) in [6, 6.07) is 1.02. The molecule has 1 atom stereocenters.